The zero-order valence-electron chi connectivity index (χ0n) is 15.7. The average Bonchev–Trinajstić information content (AvgIpc) is 2.89. The van der Waals surface area contributed by atoms with E-state index in [9.17, 15) is 0 Å². The van der Waals surface area contributed by atoms with Gasteiger partial charge in [0.05, 0.1) is 0 Å². The first kappa shape index (κ1) is 17.7. The average molecular weight is 354 g/mol. The lowest BCUT2D eigenvalue weighted by Crippen LogP contribution is -2.64. The van der Waals surface area contributed by atoms with E-state index >= 15 is 0 Å². The lowest BCUT2D eigenvalue weighted by Gasteiger charge is -2.45. The molecule has 1 aliphatic rings. The molecule has 3 heteroatoms. The molecule has 2 aromatic rings. The van der Waals surface area contributed by atoms with Crippen molar-refractivity contribution in [3.63, 3.8) is 0 Å². The van der Waals surface area contributed by atoms with Crippen molar-refractivity contribution in [3.05, 3.63) is 60.2 Å². The first-order valence-electron chi connectivity index (χ1n) is 9.60. The minimum atomic E-state index is -1.60. The standard InChI is InChI=1S/C21H31NSi2/c1-5-23(6-2)20-16-12-13-17-21(20)24(7-3,8-4)22(23)18-19-14-10-9-11-15-19/h9-17H,5-8,18H2,1-4H3. The van der Waals surface area contributed by atoms with Gasteiger partial charge in [-0.3, -0.25) is 0 Å². The number of hydrogen-bond donors (Lipinski definition) is 0. The Kier molecular flexibility index (Phi) is 5.14. The van der Waals surface area contributed by atoms with Gasteiger partial charge in [0.15, 0.2) is 16.5 Å². The Morgan fingerprint density at radius 2 is 1.04 bits per heavy atom. The molecular formula is C21H31NSi2. The van der Waals surface area contributed by atoms with Crippen LogP contribution < -0.4 is 10.4 Å². The minimum absolute atomic E-state index is 1.15. The summed E-state index contributed by atoms with van der Waals surface area (Å²) in [6.45, 7) is 10.9. The third-order valence-electron chi connectivity index (χ3n) is 6.49. The van der Waals surface area contributed by atoms with Crippen LogP contribution in [0.2, 0.25) is 24.2 Å². The summed E-state index contributed by atoms with van der Waals surface area (Å²) in [5.74, 6) is 0. The molecular weight excluding hydrogens is 322 g/mol. The molecule has 1 nitrogen and oxygen atoms in total. The molecule has 0 bridgehead atoms. The maximum absolute atomic E-state index is 3.11. The lowest BCUT2D eigenvalue weighted by atomic mass is 10.2. The summed E-state index contributed by atoms with van der Waals surface area (Å²) >= 11 is 0. The molecule has 128 valence electrons. The maximum atomic E-state index is 3.11. The Morgan fingerprint density at radius 3 is 1.46 bits per heavy atom. The third-order valence-corrected chi connectivity index (χ3v) is 19.2. The van der Waals surface area contributed by atoms with E-state index in [-0.39, 0.29) is 0 Å². The maximum Gasteiger partial charge on any atom is 0.153 e. The summed E-state index contributed by atoms with van der Waals surface area (Å²) < 4.78 is 3.11. The largest absolute Gasteiger partial charge is 0.334 e. The predicted octanol–water partition coefficient (Wildman–Crippen LogP) is 4.59. The van der Waals surface area contributed by atoms with Gasteiger partial charge in [-0.2, -0.15) is 0 Å². The summed E-state index contributed by atoms with van der Waals surface area (Å²) in [5.41, 5.74) is 1.49. The highest BCUT2D eigenvalue weighted by Crippen LogP contribution is 2.37. The van der Waals surface area contributed by atoms with Crippen molar-refractivity contribution in [2.45, 2.75) is 58.4 Å². The van der Waals surface area contributed by atoms with E-state index < -0.39 is 16.5 Å². The van der Waals surface area contributed by atoms with Gasteiger partial charge in [-0.1, -0.05) is 82.3 Å². The van der Waals surface area contributed by atoms with Crippen molar-refractivity contribution in [2.75, 3.05) is 0 Å². The Hall–Kier alpha value is -1.17. The van der Waals surface area contributed by atoms with Crippen LogP contribution in [0.4, 0.5) is 0 Å². The number of fused-ring (bicyclic) bond motifs is 1. The van der Waals surface area contributed by atoms with Crippen molar-refractivity contribution in [3.8, 4) is 0 Å². The van der Waals surface area contributed by atoms with Crippen LogP contribution in [0.5, 0.6) is 0 Å². The van der Waals surface area contributed by atoms with E-state index in [1.165, 1.54) is 29.7 Å². The molecule has 0 unspecified atom stereocenters. The number of rotatable bonds is 6. The van der Waals surface area contributed by atoms with Gasteiger partial charge in [-0.05, 0) is 40.1 Å². The highest BCUT2D eigenvalue weighted by molar-refractivity contribution is 7.12. The Balaban J connectivity index is 2.19. The molecule has 0 atom stereocenters. The Morgan fingerprint density at radius 1 is 0.625 bits per heavy atom. The normalized spacial score (nSPS) is 18.5. The van der Waals surface area contributed by atoms with Gasteiger partial charge in [0.25, 0.3) is 0 Å². The summed E-state index contributed by atoms with van der Waals surface area (Å²) in [7, 11) is -3.19. The molecule has 0 fully saturated rings. The van der Waals surface area contributed by atoms with Crippen LogP contribution in [-0.4, -0.2) is 20.7 Å². The zero-order valence-corrected chi connectivity index (χ0v) is 17.7. The number of hydrogen-bond acceptors (Lipinski definition) is 1. The number of benzene rings is 2. The van der Waals surface area contributed by atoms with Crippen molar-refractivity contribution in [1.29, 1.82) is 0 Å². The van der Waals surface area contributed by atoms with Crippen LogP contribution in [0, 0.1) is 0 Å². The first-order chi connectivity index (χ1) is 11.7. The highest BCUT2D eigenvalue weighted by Gasteiger charge is 2.57. The van der Waals surface area contributed by atoms with Gasteiger partial charge in [-0.25, -0.2) is 0 Å². The summed E-state index contributed by atoms with van der Waals surface area (Å²) in [4.78, 5) is 0. The zero-order chi connectivity index (χ0) is 17.2. The van der Waals surface area contributed by atoms with Crippen LogP contribution in [0.3, 0.4) is 0 Å². The van der Waals surface area contributed by atoms with E-state index in [4.69, 9.17) is 0 Å². The SMILES string of the molecule is CC[Si]1(CC)c2ccccc2[Si](CC)(CC)N1Cc1ccccc1. The molecule has 0 saturated heterocycles. The molecule has 0 radical (unpaired) electrons. The molecule has 2 aromatic carbocycles. The number of nitrogens with zero attached hydrogens (tertiary/aromatic N) is 1. The molecule has 0 aliphatic carbocycles. The molecule has 0 aromatic heterocycles. The van der Waals surface area contributed by atoms with Crippen LogP contribution in [0.1, 0.15) is 33.3 Å². The van der Waals surface area contributed by atoms with E-state index in [1.54, 1.807) is 10.4 Å². The van der Waals surface area contributed by atoms with E-state index in [0.717, 1.165) is 6.54 Å². The van der Waals surface area contributed by atoms with E-state index in [2.05, 4.69) is 86.5 Å². The van der Waals surface area contributed by atoms with Crippen LogP contribution in [0.25, 0.3) is 0 Å². The molecule has 0 saturated carbocycles. The molecule has 0 amide bonds. The van der Waals surface area contributed by atoms with Crippen LogP contribution in [-0.2, 0) is 6.54 Å². The first-order valence-corrected chi connectivity index (χ1v) is 14.3. The van der Waals surface area contributed by atoms with Gasteiger partial charge in [-0.15, -0.1) is 0 Å². The minimum Gasteiger partial charge on any atom is -0.334 e. The molecule has 24 heavy (non-hydrogen) atoms. The molecule has 1 heterocycles. The quantitative estimate of drug-likeness (QED) is 0.687. The Labute approximate surface area is 149 Å². The fourth-order valence-electron chi connectivity index (χ4n) is 5.09. The van der Waals surface area contributed by atoms with Crippen LogP contribution in [0.15, 0.2) is 54.6 Å². The van der Waals surface area contributed by atoms with E-state index in [1.807, 2.05) is 0 Å². The summed E-state index contributed by atoms with van der Waals surface area (Å²) in [6, 6.07) is 26.0. The van der Waals surface area contributed by atoms with Crippen molar-refractivity contribution in [1.82, 2.24) is 4.23 Å². The predicted molar refractivity (Wildman–Crippen MR) is 111 cm³/mol. The van der Waals surface area contributed by atoms with Gasteiger partial charge in [0.2, 0.25) is 0 Å². The van der Waals surface area contributed by atoms with Crippen molar-refractivity contribution in [2.24, 2.45) is 0 Å². The second-order valence-electron chi connectivity index (χ2n) is 7.09. The van der Waals surface area contributed by atoms with Gasteiger partial charge in [0, 0.05) is 6.54 Å². The second-order valence-corrected chi connectivity index (χ2v) is 16.7. The van der Waals surface area contributed by atoms with Gasteiger partial charge >= 0.3 is 0 Å². The van der Waals surface area contributed by atoms with E-state index in [0.29, 0.717) is 0 Å². The summed E-state index contributed by atoms with van der Waals surface area (Å²) in [5, 5.41) is 3.53. The smallest absolute Gasteiger partial charge is 0.153 e. The highest BCUT2D eigenvalue weighted by atomic mass is 28.4. The van der Waals surface area contributed by atoms with Crippen molar-refractivity contribution < 1.29 is 0 Å². The summed E-state index contributed by atoms with van der Waals surface area (Å²) in [6.07, 6.45) is 0. The molecule has 0 spiro atoms. The molecule has 0 N–H and O–H groups in total. The van der Waals surface area contributed by atoms with Gasteiger partial charge < -0.3 is 4.23 Å². The van der Waals surface area contributed by atoms with Crippen LogP contribution >= 0.6 is 0 Å². The Bertz CT molecular complexity index is 636. The topological polar surface area (TPSA) is 3.24 Å². The third kappa shape index (κ3) is 2.45. The van der Waals surface area contributed by atoms with Gasteiger partial charge in [0.1, 0.15) is 0 Å². The monoisotopic (exact) mass is 353 g/mol. The lowest BCUT2D eigenvalue weighted by molar-refractivity contribution is 0.604. The second kappa shape index (κ2) is 6.99. The molecule has 1 aliphatic heterocycles. The fourth-order valence-corrected chi connectivity index (χ4v) is 20.0. The fraction of sp³-hybridized carbons (Fsp3) is 0.429. The van der Waals surface area contributed by atoms with Crippen molar-refractivity contribution >= 4 is 26.8 Å². The molecule has 3 rings (SSSR count).